The van der Waals surface area contributed by atoms with Gasteiger partial charge in [-0.1, -0.05) is 91.0 Å². The Labute approximate surface area is 216 Å². The second-order valence-electron chi connectivity index (χ2n) is 8.10. The SMILES string of the molecule is O=C(O)C(CSCc1ccccc1)NC(=O)N(CCSCc1ccccc1)CCc1ccccc1. The second kappa shape index (κ2) is 15.2. The Hall–Kier alpha value is -2.90. The van der Waals surface area contributed by atoms with Crippen molar-refractivity contribution < 1.29 is 14.7 Å². The van der Waals surface area contributed by atoms with Crippen molar-refractivity contribution in [3.05, 3.63) is 108 Å². The molecule has 0 spiro atoms. The minimum Gasteiger partial charge on any atom is -0.480 e. The van der Waals surface area contributed by atoms with Crippen molar-refractivity contribution in [2.45, 2.75) is 24.0 Å². The van der Waals surface area contributed by atoms with Gasteiger partial charge in [0.05, 0.1) is 0 Å². The molecule has 184 valence electrons. The van der Waals surface area contributed by atoms with Gasteiger partial charge < -0.3 is 15.3 Å². The smallest absolute Gasteiger partial charge is 0.327 e. The molecule has 35 heavy (non-hydrogen) atoms. The summed E-state index contributed by atoms with van der Waals surface area (Å²) < 4.78 is 0. The normalized spacial score (nSPS) is 11.5. The van der Waals surface area contributed by atoms with E-state index >= 15 is 0 Å². The van der Waals surface area contributed by atoms with Crippen LogP contribution >= 0.6 is 23.5 Å². The molecular weight excluding hydrogens is 476 g/mol. The first-order chi connectivity index (χ1) is 17.1. The summed E-state index contributed by atoms with van der Waals surface area (Å²) in [6, 6.07) is 28.9. The molecule has 0 bridgehead atoms. The van der Waals surface area contributed by atoms with Crippen molar-refractivity contribution in [1.82, 2.24) is 10.2 Å². The summed E-state index contributed by atoms with van der Waals surface area (Å²) in [5.41, 5.74) is 3.53. The number of nitrogens with one attached hydrogen (secondary N) is 1. The molecule has 0 radical (unpaired) electrons. The Morgan fingerprint density at radius 3 is 1.80 bits per heavy atom. The number of carbonyl (C=O) groups excluding carboxylic acids is 1. The Kier molecular flexibility index (Phi) is 11.6. The molecule has 1 atom stereocenters. The standard InChI is InChI=1S/C28H32N2O3S2/c31-27(32)26(22-35-21-25-14-8-3-9-15-25)29-28(33)30(17-16-23-10-4-1-5-11-23)18-19-34-20-24-12-6-2-7-13-24/h1-15,26H,16-22H2,(H,29,33)(H,31,32). The predicted molar refractivity (Wildman–Crippen MR) is 147 cm³/mol. The van der Waals surface area contributed by atoms with Crippen molar-refractivity contribution in [2.24, 2.45) is 0 Å². The van der Waals surface area contributed by atoms with Gasteiger partial charge in [0.1, 0.15) is 6.04 Å². The maximum atomic E-state index is 13.1. The van der Waals surface area contributed by atoms with Crippen LogP contribution in [-0.4, -0.2) is 52.6 Å². The zero-order chi connectivity index (χ0) is 24.7. The Morgan fingerprint density at radius 2 is 1.26 bits per heavy atom. The topological polar surface area (TPSA) is 69.6 Å². The second-order valence-corrected chi connectivity index (χ2v) is 10.2. The number of thioether (sulfide) groups is 2. The fraction of sp³-hybridized carbons (Fsp3) is 0.286. The van der Waals surface area contributed by atoms with Gasteiger partial charge in [-0.25, -0.2) is 9.59 Å². The number of amides is 2. The highest BCUT2D eigenvalue weighted by molar-refractivity contribution is 7.98. The quantitative estimate of drug-likeness (QED) is 0.279. The largest absolute Gasteiger partial charge is 0.480 e. The molecule has 3 rings (SSSR count). The summed E-state index contributed by atoms with van der Waals surface area (Å²) in [5.74, 6) is 1.65. The molecule has 0 aromatic heterocycles. The number of carboxylic acid groups (broad SMARTS) is 1. The van der Waals surface area contributed by atoms with Crippen LogP contribution < -0.4 is 5.32 Å². The Balaban J connectivity index is 1.54. The van der Waals surface area contributed by atoms with Gasteiger partial charge in [-0.3, -0.25) is 0 Å². The molecule has 5 nitrogen and oxygen atoms in total. The van der Waals surface area contributed by atoms with E-state index in [9.17, 15) is 14.7 Å². The lowest BCUT2D eigenvalue weighted by Crippen LogP contribution is -2.50. The van der Waals surface area contributed by atoms with Crippen LogP contribution in [0.1, 0.15) is 16.7 Å². The molecule has 3 aromatic rings. The fourth-order valence-corrected chi connectivity index (χ4v) is 5.38. The van der Waals surface area contributed by atoms with Gasteiger partial charge in [0, 0.05) is 36.1 Å². The first-order valence-corrected chi connectivity index (χ1v) is 14.0. The van der Waals surface area contributed by atoms with E-state index in [0.717, 1.165) is 29.1 Å². The molecule has 3 aromatic carbocycles. The lowest BCUT2D eigenvalue weighted by atomic mass is 10.1. The van der Waals surface area contributed by atoms with E-state index < -0.39 is 12.0 Å². The van der Waals surface area contributed by atoms with Crippen molar-refractivity contribution in [3.63, 3.8) is 0 Å². The van der Waals surface area contributed by atoms with E-state index in [4.69, 9.17) is 0 Å². The molecular formula is C28H32N2O3S2. The van der Waals surface area contributed by atoms with Gasteiger partial charge >= 0.3 is 12.0 Å². The van der Waals surface area contributed by atoms with Gasteiger partial charge in [-0.15, -0.1) is 0 Å². The molecule has 0 aliphatic rings. The lowest BCUT2D eigenvalue weighted by molar-refractivity contribution is -0.138. The average molecular weight is 509 g/mol. The van der Waals surface area contributed by atoms with E-state index in [1.165, 1.54) is 17.3 Å². The van der Waals surface area contributed by atoms with Crippen LogP contribution in [0.25, 0.3) is 0 Å². The zero-order valence-corrected chi connectivity index (χ0v) is 21.3. The molecule has 7 heteroatoms. The van der Waals surface area contributed by atoms with E-state index in [2.05, 4.69) is 17.4 Å². The molecule has 2 N–H and O–H groups in total. The number of nitrogens with zero attached hydrogens (tertiary/aromatic N) is 1. The highest BCUT2D eigenvalue weighted by Crippen LogP contribution is 2.15. The third-order valence-electron chi connectivity index (χ3n) is 5.41. The van der Waals surface area contributed by atoms with Crippen LogP contribution in [0.15, 0.2) is 91.0 Å². The van der Waals surface area contributed by atoms with Crippen LogP contribution in [0, 0.1) is 0 Å². The minimum atomic E-state index is -1.01. The van der Waals surface area contributed by atoms with Gasteiger partial charge in [0.15, 0.2) is 0 Å². The molecule has 0 heterocycles. The van der Waals surface area contributed by atoms with Crippen LogP contribution in [-0.2, 0) is 22.7 Å². The number of urea groups is 1. The average Bonchev–Trinajstić information content (AvgIpc) is 2.89. The third-order valence-corrected chi connectivity index (χ3v) is 7.52. The Morgan fingerprint density at radius 1 is 0.743 bits per heavy atom. The van der Waals surface area contributed by atoms with Crippen molar-refractivity contribution in [3.8, 4) is 0 Å². The van der Waals surface area contributed by atoms with Crippen molar-refractivity contribution in [2.75, 3.05) is 24.6 Å². The van der Waals surface area contributed by atoms with E-state index in [-0.39, 0.29) is 6.03 Å². The zero-order valence-electron chi connectivity index (χ0n) is 19.7. The number of carbonyl (C=O) groups is 2. The summed E-state index contributed by atoms with van der Waals surface area (Å²) in [6.45, 7) is 1.09. The number of carboxylic acids is 1. The maximum absolute atomic E-state index is 13.1. The van der Waals surface area contributed by atoms with Crippen LogP contribution in [0.4, 0.5) is 4.79 Å². The minimum absolute atomic E-state index is 0.311. The van der Waals surface area contributed by atoms with E-state index in [1.54, 1.807) is 16.7 Å². The van der Waals surface area contributed by atoms with Crippen LogP contribution in [0.5, 0.6) is 0 Å². The van der Waals surface area contributed by atoms with Crippen LogP contribution in [0.3, 0.4) is 0 Å². The molecule has 0 aliphatic heterocycles. The monoisotopic (exact) mass is 508 g/mol. The summed E-state index contributed by atoms with van der Waals surface area (Å²) in [4.78, 5) is 26.7. The van der Waals surface area contributed by atoms with E-state index in [0.29, 0.717) is 24.6 Å². The third kappa shape index (κ3) is 10.1. The number of aliphatic carboxylic acids is 1. The maximum Gasteiger partial charge on any atom is 0.327 e. The number of hydrogen-bond donors (Lipinski definition) is 2. The first-order valence-electron chi connectivity index (χ1n) is 11.7. The van der Waals surface area contributed by atoms with Gasteiger partial charge in [0.2, 0.25) is 0 Å². The summed E-state index contributed by atoms with van der Waals surface area (Å²) in [5, 5.41) is 12.5. The molecule has 0 fully saturated rings. The van der Waals surface area contributed by atoms with Gasteiger partial charge in [0.25, 0.3) is 0 Å². The van der Waals surface area contributed by atoms with Crippen molar-refractivity contribution in [1.29, 1.82) is 0 Å². The number of benzene rings is 3. The summed E-state index contributed by atoms with van der Waals surface area (Å²) >= 11 is 3.28. The predicted octanol–water partition coefficient (Wildman–Crippen LogP) is 5.56. The van der Waals surface area contributed by atoms with E-state index in [1.807, 2.05) is 78.9 Å². The first kappa shape index (κ1) is 26.7. The fourth-order valence-electron chi connectivity index (χ4n) is 3.45. The van der Waals surface area contributed by atoms with Gasteiger partial charge in [-0.05, 0) is 23.1 Å². The number of rotatable bonds is 14. The lowest BCUT2D eigenvalue weighted by Gasteiger charge is -2.25. The highest BCUT2D eigenvalue weighted by Gasteiger charge is 2.23. The summed E-state index contributed by atoms with van der Waals surface area (Å²) in [6.07, 6.45) is 0.720. The van der Waals surface area contributed by atoms with Crippen LogP contribution in [0.2, 0.25) is 0 Å². The molecule has 2 amide bonds. The summed E-state index contributed by atoms with van der Waals surface area (Å²) in [7, 11) is 0. The Bertz CT molecular complexity index is 1020. The highest BCUT2D eigenvalue weighted by atomic mass is 32.2. The molecule has 0 saturated heterocycles. The number of hydrogen-bond acceptors (Lipinski definition) is 4. The van der Waals surface area contributed by atoms with Gasteiger partial charge in [-0.2, -0.15) is 23.5 Å². The molecule has 0 aliphatic carbocycles. The molecule has 1 unspecified atom stereocenters. The van der Waals surface area contributed by atoms with Crippen molar-refractivity contribution >= 4 is 35.5 Å². The molecule has 0 saturated carbocycles.